The van der Waals surface area contributed by atoms with Gasteiger partial charge in [-0.2, -0.15) is 0 Å². The van der Waals surface area contributed by atoms with Gasteiger partial charge in [0.15, 0.2) is 5.79 Å². The molecular weight excluding hydrogens is 180 g/mol. The second-order valence-corrected chi connectivity index (χ2v) is 4.79. The summed E-state index contributed by atoms with van der Waals surface area (Å²) in [7, 11) is 0. The number of carbonyl (C=O) groups is 1. The monoisotopic (exact) mass is 198 g/mol. The van der Waals surface area contributed by atoms with Crippen molar-refractivity contribution in [2.24, 2.45) is 5.41 Å². The van der Waals surface area contributed by atoms with Gasteiger partial charge >= 0.3 is 0 Å². The molecular formula is C11H18O3. The molecule has 1 aliphatic carbocycles. The van der Waals surface area contributed by atoms with Gasteiger partial charge in [-0.05, 0) is 19.3 Å². The van der Waals surface area contributed by atoms with Crippen LogP contribution >= 0.6 is 0 Å². The third-order valence-electron chi connectivity index (χ3n) is 3.93. The quantitative estimate of drug-likeness (QED) is 0.696. The van der Waals surface area contributed by atoms with Crippen LogP contribution in [0.2, 0.25) is 0 Å². The van der Waals surface area contributed by atoms with E-state index in [0.29, 0.717) is 25.0 Å². The maximum atomic E-state index is 11.7. The topological polar surface area (TPSA) is 46.5 Å². The molecule has 2 fully saturated rings. The minimum atomic E-state index is -0.977. The van der Waals surface area contributed by atoms with Crippen molar-refractivity contribution in [3.63, 3.8) is 0 Å². The summed E-state index contributed by atoms with van der Waals surface area (Å²) in [5.74, 6) is -0.671. The number of carbonyl (C=O) groups excluding carboxylic acids is 1. The second kappa shape index (κ2) is 3.04. The molecule has 2 aliphatic rings. The number of rotatable bonds is 1. The number of Topliss-reactive ketones (excluding diaryl/α,β-unsaturated/α-hetero) is 1. The summed E-state index contributed by atoms with van der Waals surface area (Å²) in [6.07, 6.45) is 3.28. The third kappa shape index (κ3) is 1.30. The van der Waals surface area contributed by atoms with Crippen LogP contribution in [0.15, 0.2) is 0 Å². The predicted octanol–water partition coefficient (Wildman–Crippen LogP) is 1.63. The summed E-state index contributed by atoms with van der Waals surface area (Å²) in [5.41, 5.74) is -0.318. The molecule has 3 heteroatoms. The van der Waals surface area contributed by atoms with Gasteiger partial charge in [-0.3, -0.25) is 4.79 Å². The Morgan fingerprint density at radius 2 is 2.29 bits per heavy atom. The van der Waals surface area contributed by atoms with Gasteiger partial charge in [0, 0.05) is 12.8 Å². The van der Waals surface area contributed by atoms with Crippen molar-refractivity contribution in [1.29, 1.82) is 0 Å². The lowest BCUT2D eigenvalue weighted by Crippen LogP contribution is -2.49. The molecule has 80 valence electrons. The van der Waals surface area contributed by atoms with Crippen molar-refractivity contribution >= 4 is 5.78 Å². The van der Waals surface area contributed by atoms with E-state index >= 15 is 0 Å². The maximum absolute atomic E-state index is 11.7. The number of fused-ring (bicyclic) bond motifs is 1. The van der Waals surface area contributed by atoms with Gasteiger partial charge in [-0.15, -0.1) is 0 Å². The molecule has 1 aliphatic heterocycles. The van der Waals surface area contributed by atoms with Crippen LogP contribution in [0.3, 0.4) is 0 Å². The molecule has 0 radical (unpaired) electrons. The fraction of sp³-hybridized carbons (Fsp3) is 0.909. The second-order valence-electron chi connectivity index (χ2n) is 4.79. The molecule has 1 saturated carbocycles. The van der Waals surface area contributed by atoms with Crippen LogP contribution in [0.1, 0.15) is 46.0 Å². The predicted molar refractivity (Wildman–Crippen MR) is 51.7 cm³/mol. The first-order chi connectivity index (χ1) is 6.50. The molecule has 0 spiro atoms. The Morgan fingerprint density at radius 1 is 1.57 bits per heavy atom. The summed E-state index contributed by atoms with van der Waals surface area (Å²) in [6.45, 7) is 3.89. The zero-order valence-electron chi connectivity index (χ0n) is 8.88. The first-order valence-corrected chi connectivity index (χ1v) is 5.44. The Bertz CT molecular complexity index is 263. The largest absolute Gasteiger partial charge is 0.365 e. The average molecular weight is 198 g/mol. The zero-order valence-corrected chi connectivity index (χ0v) is 8.88. The Labute approximate surface area is 84.4 Å². The van der Waals surface area contributed by atoms with E-state index in [2.05, 4.69) is 0 Å². The Hall–Kier alpha value is -0.410. The van der Waals surface area contributed by atoms with Gasteiger partial charge in [-0.1, -0.05) is 13.8 Å². The molecule has 3 nitrogen and oxygen atoms in total. The van der Waals surface area contributed by atoms with Crippen molar-refractivity contribution < 1.29 is 14.6 Å². The van der Waals surface area contributed by atoms with E-state index in [-0.39, 0.29) is 11.5 Å². The van der Waals surface area contributed by atoms with Crippen molar-refractivity contribution in [2.45, 2.75) is 57.8 Å². The average Bonchev–Trinajstić information content (AvgIpc) is 2.45. The first-order valence-electron chi connectivity index (χ1n) is 5.44. The van der Waals surface area contributed by atoms with Gasteiger partial charge in [0.2, 0.25) is 0 Å². The highest BCUT2D eigenvalue weighted by Gasteiger charge is 2.53. The fourth-order valence-electron chi connectivity index (χ4n) is 2.57. The lowest BCUT2D eigenvalue weighted by molar-refractivity contribution is -0.275. The molecule has 2 rings (SSSR count). The molecule has 1 saturated heterocycles. The third-order valence-corrected chi connectivity index (χ3v) is 3.93. The van der Waals surface area contributed by atoms with Crippen molar-refractivity contribution in [1.82, 2.24) is 0 Å². The van der Waals surface area contributed by atoms with Crippen LogP contribution in [0, 0.1) is 5.41 Å². The highest BCUT2D eigenvalue weighted by Crippen LogP contribution is 2.48. The zero-order chi connectivity index (χ0) is 10.4. The lowest BCUT2D eigenvalue weighted by atomic mass is 9.77. The van der Waals surface area contributed by atoms with E-state index in [9.17, 15) is 9.90 Å². The number of hydrogen-bond donors (Lipinski definition) is 1. The van der Waals surface area contributed by atoms with Crippen LogP contribution in [-0.4, -0.2) is 22.8 Å². The SMILES string of the molecule is CC[C@]1(O)CC[C@]2(C)C(=O)CC[C@@H]2O1. The molecule has 0 aromatic rings. The fourth-order valence-corrected chi connectivity index (χ4v) is 2.57. The van der Waals surface area contributed by atoms with Gasteiger partial charge in [0.1, 0.15) is 5.78 Å². The molecule has 0 bridgehead atoms. The van der Waals surface area contributed by atoms with Gasteiger partial charge in [-0.25, -0.2) is 0 Å². The molecule has 3 atom stereocenters. The highest BCUT2D eigenvalue weighted by molar-refractivity contribution is 5.87. The van der Waals surface area contributed by atoms with E-state index in [1.165, 1.54) is 0 Å². The normalized spacial score (nSPS) is 47.9. The summed E-state index contributed by atoms with van der Waals surface area (Å²) in [6, 6.07) is 0. The van der Waals surface area contributed by atoms with Crippen LogP contribution in [0.4, 0.5) is 0 Å². The number of aliphatic hydroxyl groups is 1. The molecule has 0 aromatic carbocycles. The molecule has 14 heavy (non-hydrogen) atoms. The van der Waals surface area contributed by atoms with Crippen LogP contribution in [-0.2, 0) is 9.53 Å². The molecule has 1 N–H and O–H groups in total. The van der Waals surface area contributed by atoms with Gasteiger partial charge in [0.05, 0.1) is 11.5 Å². The highest BCUT2D eigenvalue weighted by atomic mass is 16.6. The van der Waals surface area contributed by atoms with E-state index in [1.54, 1.807) is 0 Å². The minimum Gasteiger partial charge on any atom is -0.365 e. The van der Waals surface area contributed by atoms with E-state index in [4.69, 9.17) is 4.74 Å². The minimum absolute atomic E-state index is 0.0614. The Morgan fingerprint density at radius 3 is 2.93 bits per heavy atom. The standard InChI is InChI=1S/C11H18O3/c1-3-11(13)7-6-10(2)8(12)4-5-9(10)14-11/h9,13H,3-7H2,1-2H3/t9-,10+,11+/m0/s1. The smallest absolute Gasteiger partial charge is 0.165 e. The van der Waals surface area contributed by atoms with Crippen LogP contribution in [0.5, 0.6) is 0 Å². The van der Waals surface area contributed by atoms with Crippen molar-refractivity contribution in [2.75, 3.05) is 0 Å². The van der Waals surface area contributed by atoms with Crippen LogP contribution < -0.4 is 0 Å². The summed E-state index contributed by atoms with van der Waals surface area (Å²) in [4.78, 5) is 11.7. The number of ketones is 1. The van der Waals surface area contributed by atoms with Gasteiger partial charge < -0.3 is 9.84 Å². The lowest BCUT2D eigenvalue weighted by Gasteiger charge is -2.43. The summed E-state index contributed by atoms with van der Waals surface area (Å²) < 4.78 is 5.66. The molecule has 0 amide bonds. The van der Waals surface area contributed by atoms with Crippen molar-refractivity contribution in [3.8, 4) is 0 Å². The first kappa shape index (κ1) is 10.1. The Balaban J connectivity index is 2.18. The molecule has 1 heterocycles. The van der Waals surface area contributed by atoms with Crippen molar-refractivity contribution in [3.05, 3.63) is 0 Å². The molecule has 0 unspecified atom stereocenters. The number of ether oxygens (including phenoxy) is 1. The van der Waals surface area contributed by atoms with E-state index in [1.807, 2.05) is 13.8 Å². The summed E-state index contributed by atoms with van der Waals surface area (Å²) >= 11 is 0. The van der Waals surface area contributed by atoms with Gasteiger partial charge in [0.25, 0.3) is 0 Å². The van der Waals surface area contributed by atoms with E-state index < -0.39 is 5.79 Å². The Kier molecular flexibility index (Phi) is 2.20. The van der Waals surface area contributed by atoms with E-state index in [0.717, 1.165) is 12.8 Å². The van der Waals surface area contributed by atoms with Crippen LogP contribution in [0.25, 0.3) is 0 Å². The number of hydrogen-bond acceptors (Lipinski definition) is 3. The molecule has 0 aromatic heterocycles. The summed E-state index contributed by atoms with van der Waals surface area (Å²) in [5, 5.41) is 9.99. The maximum Gasteiger partial charge on any atom is 0.165 e.